The molecule has 0 amide bonds. The Labute approximate surface area is 118 Å². The number of benzene rings is 1. The Morgan fingerprint density at radius 1 is 1.15 bits per heavy atom. The zero-order chi connectivity index (χ0) is 14.9. The van der Waals surface area contributed by atoms with Crippen molar-refractivity contribution in [3.05, 3.63) is 12.1 Å². The summed E-state index contributed by atoms with van der Waals surface area (Å²) in [5.74, 6) is 1.73. The van der Waals surface area contributed by atoms with E-state index in [2.05, 4.69) is 4.98 Å². The highest BCUT2D eigenvalue weighted by Gasteiger charge is 2.21. The lowest BCUT2D eigenvalue weighted by Crippen LogP contribution is -2.29. The Kier molecular flexibility index (Phi) is 3.76. The standard InChI is InChI=1S/C14H21N3O3/c1-14(2,20-5)8-17-10-7-12(19-4)11(18-3)6-9(10)16-13(17)15/h6-7H,8H2,1-5H3,(H2,15,16). The lowest BCUT2D eigenvalue weighted by atomic mass is 10.1. The highest BCUT2D eigenvalue weighted by atomic mass is 16.5. The molecule has 0 fully saturated rings. The molecule has 0 aliphatic heterocycles. The second-order valence-corrected chi connectivity index (χ2v) is 5.22. The number of ether oxygens (including phenoxy) is 3. The molecule has 0 bridgehead atoms. The molecule has 0 saturated carbocycles. The predicted octanol–water partition coefficient (Wildman–Crippen LogP) is 2.06. The molecule has 0 atom stereocenters. The minimum Gasteiger partial charge on any atom is -0.493 e. The fourth-order valence-electron chi connectivity index (χ4n) is 2.08. The van der Waals surface area contributed by atoms with Gasteiger partial charge in [0.25, 0.3) is 0 Å². The molecule has 2 N–H and O–H groups in total. The van der Waals surface area contributed by atoms with Crippen LogP contribution in [0, 0.1) is 0 Å². The number of hydrogen-bond acceptors (Lipinski definition) is 5. The summed E-state index contributed by atoms with van der Waals surface area (Å²) in [5, 5.41) is 0. The number of nitrogens with two attached hydrogens (primary N) is 1. The van der Waals surface area contributed by atoms with Crippen LogP contribution in [0.25, 0.3) is 11.0 Å². The Morgan fingerprint density at radius 2 is 1.75 bits per heavy atom. The van der Waals surface area contributed by atoms with Gasteiger partial charge in [0.15, 0.2) is 11.5 Å². The molecule has 2 aromatic rings. The average molecular weight is 279 g/mol. The molecule has 0 aliphatic rings. The van der Waals surface area contributed by atoms with Gasteiger partial charge < -0.3 is 24.5 Å². The molecule has 110 valence electrons. The summed E-state index contributed by atoms with van der Waals surface area (Å²) in [6, 6.07) is 3.70. The van der Waals surface area contributed by atoms with Crippen LogP contribution in [0.4, 0.5) is 5.95 Å². The third kappa shape index (κ3) is 2.51. The normalized spacial score (nSPS) is 11.8. The summed E-state index contributed by atoms with van der Waals surface area (Å²) in [6.45, 7) is 4.60. The van der Waals surface area contributed by atoms with Crippen molar-refractivity contribution in [2.75, 3.05) is 27.1 Å². The van der Waals surface area contributed by atoms with Gasteiger partial charge in [-0.25, -0.2) is 4.98 Å². The highest BCUT2D eigenvalue weighted by molar-refractivity contribution is 5.82. The maximum absolute atomic E-state index is 6.01. The fraction of sp³-hybridized carbons (Fsp3) is 0.500. The number of methoxy groups -OCH3 is 3. The second-order valence-electron chi connectivity index (χ2n) is 5.22. The van der Waals surface area contributed by atoms with E-state index in [1.165, 1.54) is 0 Å². The van der Waals surface area contributed by atoms with E-state index in [0.717, 1.165) is 11.0 Å². The largest absolute Gasteiger partial charge is 0.493 e. The molecule has 20 heavy (non-hydrogen) atoms. The topological polar surface area (TPSA) is 71.5 Å². The Bertz CT molecular complexity index is 620. The van der Waals surface area contributed by atoms with Crippen LogP contribution in [0.1, 0.15) is 13.8 Å². The van der Waals surface area contributed by atoms with Gasteiger partial charge in [0.05, 0.1) is 37.4 Å². The minimum absolute atomic E-state index is 0.338. The summed E-state index contributed by atoms with van der Waals surface area (Å²) in [4.78, 5) is 4.37. The number of rotatable bonds is 5. The van der Waals surface area contributed by atoms with E-state index in [1.807, 2.05) is 30.5 Å². The molecular formula is C14H21N3O3. The highest BCUT2D eigenvalue weighted by Crippen LogP contribution is 2.33. The van der Waals surface area contributed by atoms with E-state index in [4.69, 9.17) is 19.9 Å². The van der Waals surface area contributed by atoms with Crippen LogP contribution < -0.4 is 15.2 Å². The molecule has 0 saturated heterocycles. The van der Waals surface area contributed by atoms with E-state index in [1.54, 1.807) is 21.3 Å². The molecule has 1 aromatic carbocycles. The van der Waals surface area contributed by atoms with Gasteiger partial charge in [0.2, 0.25) is 5.95 Å². The van der Waals surface area contributed by atoms with Crippen LogP contribution >= 0.6 is 0 Å². The quantitative estimate of drug-likeness (QED) is 0.907. The third-order valence-corrected chi connectivity index (χ3v) is 3.37. The van der Waals surface area contributed by atoms with Gasteiger partial charge in [-0.2, -0.15) is 0 Å². The van der Waals surface area contributed by atoms with Crippen molar-refractivity contribution in [1.29, 1.82) is 0 Å². The second kappa shape index (κ2) is 5.20. The first kappa shape index (κ1) is 14.5. The van der Waals surface area contributed by atoms with Crippen LogP contribution in [0.5, 0.6) is 11.5 Å². The van der Waals surface area contributed by atoms with Crippen molar-refractivity contribution in [2.45, 2.75) is 26.0 Å². The van der Waals surface area contributed by atoms with E-state index < -0.39 is 0 Å². The number of imidazole rings is 1. The first-order chi connectivity index (χ1) is 9.41. The van der Waals surface area contributed by atoms with Crippen molar-refractivity contribution in [3.8, 4) is 11.5 Å². The van der Waals surface area contributed by atoms with Crippen LogP contribution in [0.2, 0.25) is 0 Å². The van der Waals surface area contributed by atoms with Crippen LogP contribution in [0.3, 0.4) is 0 Å². The monoisotopic (exact) mass is 279 g/mol. The van der Waals surface area contributed by atoms with Gasteiger partial charge in [-0.15, -0.1) is 0 Å². The summed E-state index contributed by atoms with van der Waals surface area (Å²) >= 11 is 0. The molecule has 6 nitrogen and oxygen atoms in total. The first-order valence-corrected chi connectivity index (χ1v) is 6.34. The lowest BCUT2D eigenvalue weighted by molar-refractivity contribution is 0.00946. The lowest BCUT2D eigenvalue weighted by Gasteiger charge is -2.24. The smallest absolute Gasteiger partial charge is 0.201 e. The van der Waals surface area contributed by atoms with Gasteiger partial charge in [-0.3, -0.25) is 0 Å². The number of fused-ring (bicyclic) bond motifs is 1. The number of nitrogen functional groups attached to an aromatic ring is 1. The van der Waals surface area contributed by atoms with E-state index in [-0.39, 0.29) is 5.60 Å². The SMILES string of the molecule is COc1cc2nc(N)n(CC(C)(C)OC)c2cc1OC. The van der Waals surface area contributed by atoms with Crippen molar-refractivity contribution in [3.63, 3.8) is 0 Å². The van der Waals surface area contributed by atoms with Gasteiger partial charge >= 0.3 is 0 Å². The maximum atomic E-state index is 6.01. The summed E-state index contributed by atoms with van der Waals surface area (Å²) < 4.78 is 18.0. The summed E-state index contributed by atoms with van der Waals surface area (Å²) in [7, 11) is 4.88. The zero-order valence-electron chi connectivity index (χ0n) is 12.6. The zero-order valence-corrected chi connectivity index (χ0v) is 12.6. The Balaban J connectivity index is 2.58. The number of anilines is 1. The van der Waals surface area contributed by atoms with Gasteiger partial charge in [0, 0.05) is 19.2 Å². The third-order valence-electron chi connectivity index (χ3n) is 3.37. The Hall–Kier alpha value is -1.95. The number of nitrogens with zero attached hydrogens (tertiary/aromatic N) is 2. The van der Waals surface area contributed by atoms with Crippen LogP contribution in [-0.4, -0.2) is 36.5 Å². The molecule has 0 radical (unpaired) electrons. The van der Waals surface area contributed by atoms with E-state index in [0.29, 0.717) is 24.0 Å². The van der Waals surface area contributed by atoms with E-state index in [9.17, 15) is 0 Å². The molecule has 0 unspecified atom stereocenters. The van der Waals surface area contributed by atoms with Crippen molar-refractivity contribution in [2.24, 2.45) is 0 Å². The summed E-state index contributed by atoms with van der Waals surface area (Å²) in [5.41, 5.74) is 7.34. The maximum Gasteiger partial charge on any atom is 0.201 e. The van der Waals surface area contributed by atoms with Crippen molar-refractivity contribution >= 4 is 17.0 Å². The predicted molar refractivity (Wildman–Crippen MR) is 78.3 cm³/mol. The molecule has 6 heteroatoms. The van der Waals surface area contributed by atoms with Crippen molar-refractivity contribution < 1.29 is 14.2 Å². The van der Waals surface area contributed by atoms with Gasteiger partial charge in [0.1, 0.15) is 0 Å². The fourth-order valence-corrected chi connectivity index (χ4v) is 2.08. The summed E-state index contributed by atoms with van der Waals surface area (Å²) in [6.07, 6.45) is 0. The van der Waals surface area contributed by atoms with Crippen LogP contribution in [-0.2, 0) is 11.3 Å². The van der Waals surface area contributed by atoms with Gasteiger partial charge in [-0.1, -0.05) is 0 Å². The van der Waals surface area contributed by atoms with Crippen LogP contribution in [0.15, 0.2) is 12.1 Å². The van der Waals surface area contributed by atoms with Gasteiger partial charge in [-0.05, 0) is 13.8 Å². The number of aromatic nitrogens is 2. The molecule has 2 rings (SSSR count). The molecule has 0 spiro atoms. The molecule has 0 aliphatic carbocycles. The van der Waals surface area contributed by atoms with E-state index >= 15 is 0 Å². The van der Waals surface area contributed by atoms with Crippen molar-refractivity contribution in [1.82, 2.24) is 9.55 Å². The Morgan fingerprint density at radius 3 is 2.30 bits per heavy atom. The molecule has 1 aromatic heterocycles. The number of hydrogen-bond donors (Lipinski definition) is 1. The molecular weight excluding hydrogens is 258 g/mol. The average Bonchev–Trinajstić information content (AvgIpc) is 2.72. The molecule has 1 heterocycles. The first-order valence-electron chi connectivity index (χ1n) is 6.34. The minimum atomic E-state index is -0.338.